The molecule has 78 valence electrons. The number of imidazole rings is 1. The first kappa shape index (κ1) is 10.1. The van der Waals surface area contributed by atoms with E-state index in [1.807, 2.05) is 6.07 Å². The van der Waals surface area contributed by atoms with Crippen LogP contribution in [0.1, 0.15) is 21.6 Å². The van der Waals surface area contributed by atoms with Crippen LogP contribution < -0.4 is 0 Å². The molecule has 5 heteroatoms. The summed E-state index contributed by atoms with van der Waals surface area (Å²) in [5.41, 5.74) is 1.64. The number of aromatic amines is 1. The van der Waals surface area contributed by atoms with Crippen LogP contribution in [-0.4, -0.2) is 20.7 Å². The van der Waals surface area contributed by atoms with Gasteiger partial charge in [-0.3, -0.25) is 9.78 Å². The van der Waals surface area contributed by atoms with Crippen molar-refractivity contribution in [2.45, 2.75) is 6.42 Å². The lowest BCUT2D eigenvalue weighted by atomic mass is 10.1. The number of nitrogens with zero attached hydrogens (tertiary/aromatic N) is 3. The zero-order chi connectivity index (χ0) is 11.4. The monoisotopic (exact) mass is 212 g/mol. The largest absolute Gasteiger partial charge is 0.342 e. The maximum Gasteiger partial charge on any atom is 0.185 e. The first-order chi connectivity index (χ1) is 7.79. The highest BCUT2D eigenvalue weighted by Gasteiger charge is 2.08. The lowest BCUT2D eigenvalue weighted by Crippen LogP contribution is -2.04. The minimum atomic E-state index is -0.0746. The molecule has 0 saturated heterocycles. The average molecular weight is 212 g/mol. The van der Waals surface area contributed by atoms with Crippen molar-refractivity contribution in [1.29, 1.82) is 5.26 Å². The first-order valence-electron chi connectivity index (χ1n) is 4.65. The molecule has 0 aliphatic heterocycles. The highest BCUT2D eigenvalue weighted by atomic mass is 16.1. The van der Waals surface area contributed by atoms with Crippen molar-refractivity contribution in [3.05, 3.63) is 47.8 Å². The number of ketones is 1. The third-order valence-electron chi connectivity index (χ3n) is 2.09. The Labute approximate surface area is 91.8 Å². The topological polar surface area (TPSA) is 82.4 Å². The third kappa shape index (κ3) is 2.12. The molecule has 0 atom stereocenters. The van der Waals surface area contributed by atoms with Crippen molar-refractivity contribution in [1.82, 2.24) is 15.0 Å². The highest BCUT2D eigenvalue weighted by Crippen LogP contribution is 2.06. The van der Waals surface area contributed by atoms with Crippen molar-refractivity contribution in [2.24, 2.45) is 0 Å². The van der Waals surface area contributed by atoms with Crippen molar-refractivity contribution < 1.29 is 4.79 Å². The highest BCUT2D eigenvalue weighted by molar-refractivity contribution is 5.95. The Morgan fingerprint density at radius 3 is 2.94 bits per heavy atom. The van der Waals surface area contributed by atoms with Gasteiger partial charge in [0.1, 0.15) is 11.8 Å². The lowest BCUT2D eigenvalue weighted by molar-refractivity contribution is 0.0988. The molecule has 0 aromatic carbocycles. The number of rotatable bonds is 3. The van der Waals surface area contributed by atoms with Gasteiger partial charge >= 0.3 is 0 Å². The van der Waals surface area contributed by atoms with Crippen LogP contribution in [0.25, 0.3) is 0 Å². The molecule has 2 heterocycles. The van der Waals surface area contributed by atoms with E-state index in [4.69, 9.17) is 5.26 Å². The van der Waals surface area contributed by atoms with E-state index in [2.05, 4.69) is 15.0 Å². The fourth-order valence-corrected chi connectivity index (χ4v) is 1.33. The summed E-state index contributed by atoms with van der Waals surface area (Å²) in [5, 5.41) is 8.69. The maximum atomic E-state index is 11.7. The smallest absolute Gasteiger partial charge is 0.185 e. The third-order valence-corrected chi connectivity index (χ3v) is 2.09. The number of hydrogen-bond donors (Lipinski definition) is 1. The van der Waals surface area contributed by atoms with E-state index in [0.29, 0.717) is 11.3 Å². The van der Waals surface area contributed by atoms with Gasteiger partial charge in [0, 0.05) is 18.8 Å². The van der Waals surface area contributed by atoms with E-state index in [1.165, 1.54) is 18.7 Å². The molecular formula is C11H8N4O. The van der Waals surface area contributed by atoms with E-state index in [9.17, 15) is 4.79 Å². The van der Waals surface area contributed by atoms with Crippen LogP contribution in [0.4, 0.5) is 0 Å². The Bertz CT molecular complexity index is 539. The summed E-state index contributed by atoms with van der Waals surface area (Å²) in [5.74, 6) is -0.0746. The van der Waals surface area contributed by atoms with Gasteiger partial charge in [-0.2, -0.15) is 5.26 Å². The molecule has 0 fully saturated rings. The van der Waals surface area contributed by atoms with Crippen molar-refractivity contribution in [3.63, 3.8) is 0 Å². The lowest BCUT2D eigenvalue weighted by Gasteiger charge is -1.98. The van der Waals surface area contributed by atoms with Crippen LogP contribution in [0.3, 0.4) is 0 Å². The van der Waals surface area contributed by atoms with Gasteiger partial charge in [-0.25, -0.2) is 4.98 Å². The van der Waals surface area contributed by atoms with Gasteiger partial charge in [0.15, 0.2) is 5.78 Å². The van der Waals surface area contributed by atoms with E-state index in [0.717, 1.165) is 5.56 Å². The van der Waals surface area contributed by atoms with Gasteiger partial charge in [-0.15, -0.1) is 0 Å². The number of pyridine rings is 1. The number of aromatic nitrogens is 3. The van der Waals surface area contributed by atoms with Crippen LogP contribution in [0, 0.1) is 11.3 Å². The van der Waals surface area contributed by atoms with Crippen LogP contribution in [0.2, 0.25) is 0 Å². The van der Waals surface area contributed by atoms with E-state index < -0.39 is 0 Å². The van der Waals surface area contributed by atoms with Crippen LogP contribution in [-0.2, 0) is 6.42 Å². The molecule has 5 nitrogen and oxygen atoms in total. The van der Waals surface area contributed by atoms with Crippen molar-refractivity contribution in [3.8, 4) is 6.07 Å². The van der Waals surface area contributed by atoms with Gasteiger partial charge in [-0.05, 0) is 11.6 Å². The number of carbonyl (C=O) groups excluding carboxylic acids is 1. The second-order valence-corrected chi connectivity index (χ2v) is 3.26. The van der Waals surface area contributed by atoms with Crippen molar-refractivity contribution >= 4 is 5.78 Å². The van der Waals surface area contributed by atoms with E-state index in [-0.39, 0.29) is 12.2 Å². The molecule has 0 saturated carbocycles. The predicted molar refractivity (Wildman–Crippen MR) is 55.6 cm³/mol. The number of nitrogens with one attached hydrogen (secondary N) is 1. The zero-order valence-corrected chi connectivity index (χ0v) is 8.34. The van der Waals surface area contributed by atoms with Crippen LogP contribution >= 0.6 is 0 Å². The normalized spacial score (nSPS) is 9.69. The Morgan fingerprint density at radius 1 is 1.38 bits per heavy atom. The number of hydrogen-bond acceptors (Lipinski definition) is 4. The van der Waals surface area contributed by atoms with Gasteiger partial charge < -0.3 is 4.98 Å². The number of Topliss-reactive ketones (excluding diaryl/α,β-unsaturated/α-hetero) is 1. The molecule has 0 aliphatic rings. The van der Waals surface area contributed by atoms with Crippen LogP contribution in [0.5, 0.6) is 0 Å². The van der Waals surface area contributed by atoms with Gasteiger partial charge in [0.25, 0.3) is 0 Å². The summed E-state index contributed by atoms with van der Waals surface area (Å²) in [6.07, 6.45) is 6.19. The number of carbonyl (C=O) groups is 1. The Hall–Kier alpha value is -2.48. The second kappa shape index (κ2) is 4.36. The second-order valence-electron chi connectivity index (χ2n) is 3.26. The molecule has 0 bridgehead atoms. The maximum absolute atomic E-state index is 11.7. The summed E-state index contributed by atoms with van der Waals surface area (Å²) in [7, 11) is 0. The minimum absolute atomic E-state index is 0.0746. The van der Waals surface area contributed by atoms with Gasteiger partial charge in [0.05, 0.1) is 18.1 Å². The molecule has 2 aromatic heterocycles. The summed E-state index contributed by atoms with van der Waals surface area (Å²) >= 11 is 0. The number of nitriles is 1. The molecule has 0 spiro atoms. The Morgan fingerprint density at radius 2 is 2.25 bits per heavy atom. The molecule has 0 amide bonds. The fourth-order valence-electron chi connectivity index (χ4n) is 1.33. The summed E-state index contributed by atoms with van der Waals surface area (Å²) in [6, 6.07) is 3.64. The molecule has 0 unspecified atom stereocenters. The summed E-state index contributed by atoms with van der Waals surface area (Å²) in [4.78, 5) is 22.1. The fraction of sp³-hybridized carbons (Fsp3) is 0.0909. The van der Waals surface area contributed by atoms with E-state index in [1.54, 1.807) is 12.3 Å². The molecule has 2 aromatic rings. The minimum Gasteiger partial charge on any atom is -0.342 e. The molecule has 2 rings (SSSR count). The number of H-pyrrole nitrogens is 1. The molecule has 16 heavy (non-hydrogen) atoms. The van der Waals surface area contributed by atoms with Crippen LogP contribution in [0.15, 0.2) is 31.0 Å². The molecule has 0 aliphatic carbocycles. The molecular weight excluding hydrogens is 204 g/mol. The van der Waals surface area contributed by atoms with Gasteiger partial charge in [0.2, 0.25) is 0 Å². The van der Waals surface area contributed by atoms with E-state index >= 15 is 0 Å². The quantitative estimate of drug-likeness (QED) is 0.772. The zero-order valence-electron chi connectivity index (χ0n) is 8.34. The van der Waals surface area contributed by atoms with Gasteiger partial charge in [-0.1, -0.05) is 0 Å². The molecule has 0 radical (unpaired) electrons. The van der Waals surface area contributed by atoms with Crippen molar-refractivity contribution in [2.75, 3.05) is 0 Å². The first-order valence-corrected chi connectivity index (χ1v) is 4.65. The Balaban J connectivity index is 2.16. The SMILES string of the molecule is N#Cc1cncc(CC(=O)c2cnc[nH]2)c1. The summed E-state index contributed by atoms with van der Waals surface area (Å²) in [6.45, 7) is 0. The Kier molecular flexibility index (Phi) is 2.74. The summed E-state index contributed by atoms with van der Waals surface area (Å²) < 4.78 is 0. The molecule has 1 N–H and O–H groups in total. The predicted octanol–water partition coefficient (Wildman–Crippen LogP) is 1.10. The standard InChI is InChI=1S/C11H8N4O/c12-3-9-1-8(4-13-5-9)2-11(16)10-6-14-7-15-10/h1,4-7H,2H2,(H,14,15). The average Bonchev–Trinajstić information content (AvgIpc) is 2.83.